The van der Waals surface area contributed by atoms with Gasteiger partial charge in [0.05, 0.1) is 20.8 Å². The highest BCUT2D eigenvalue weighted by molar-refractivity contribution is 7.91. The quantitative estimate of drug-likeness (QED) is 0.621. The number of aromatic nitrogens is 3. The van der Waals surface area contributed by atoms with Crippen LogP contribution in [0.4, 0.5) is 0 Å². The SMILES string of the molecule is Cc1cc(S(=O)(=O)c2ccc3c(c2)nc(C(C)(C)C)n3CC2CCOCC2)ccn1. The Balaban J connectivity index is 1.80. The first-order chi connectivity index (χ1) is 14.2. The third-order valence-electron chi connectivity index (χ3n) is 5.66. The van der Waals surface area contributed by atoms with Gasteiger partial charge in [0.25, 0.3) is 0 Å². The largest absolute Gasteiger partial charge is 0.381 e. The van der Waals surface area contributed by atoms with Crippen LogP contribution in [0.25, 0.3) is 11.0 Å². The van der Waals surface area contributed by atoms with Crippen molar-refractivity contribution in [2.45, 2.75) is 62.3 Å². The van der Waals surface area contributed by atoms with Crippen LogP contribution in [-0.4, -0.2) is 36.2 Å². The number of aryl methyl sites for hydroxylation is 1. The van der Waals surface area contributed by atoms with E-state index < -0.39 is 9.84 Å². The molecule has 3 aromatic rings. The van der Waals surface area contributed by atoms with Gasteiger partial charge >= 0.3 is 0 Å². The van der Waals surface area contributed by atoms with Gasteiger partial charge in [0.2, 0.25) is 9.84 Å². The summed E-state index contributed by atoms with van der Waals surface area (Å²) in [5, 5.41) is 0. The molecule has 0 bridgehead atoms. The van der Waals surface area contributed by atoms with Crippen molar-refractivity contribution < 1.29 is 13.2 Å². The summed E-state index contributed by atoms with van der Waals surface area (Å²) in [6.07, 6.45) is 3.61. The molecule has 0 aliphatic carbocycles. The minimum Gasteiger partial charge on any atom is -0.381 e. The lowest BCUT2D eigenvalue weighted by molar-refractivity contribution is 0.0611. The van der Waals surface area contributed by atoms with Gasteiger partial charge in [0, 0.05) is 37.1 Å². The van der Waals surface area contributed by atoms with Gasteiger partial charge in [-0.3, -0.25) is 4.98 Å². The average Bonchev–Trinajstić information content (AvgIpc) is 3.07. The lowest BCUT2D eigenvalue weighted by Crippen LogP contribution is -2.25. The summed E-state index contributed by atoms with van der Waals surface area (Å²) in [5.41, 5.74) is 2.23. The molecular weight excluding hydrogens is 398 g/mol. The van der Waals surface area contributed by atoms with Gasteiger partial charge in [-0.1, -0.05) is 20.8 Å². The molecule has 160 valence electrons. The molecule has 1 saturated heterocycles. The Morgan fingerprint density at radius 3 is 2.47 bits per heavy atom. The van der Waals surface area contributed by atoms with Crippen LogP contribution in [-0.2, 0) is 26.5 Å². The first-order valence-electron chi connectivity index (χ1n) is 10.4. The van der Waals surface area contributed by atoms with Crippen LogP contribution in [0.5, 0.6) is 0 Å². The molecule has 1 aliphatic heterocycles. The Morgan fingerprint density at radius 1 is 1.10 bits per heavy atom. The third-order valence-corrected chi connectivity index (χ3v) is 7.41. The number of hydrogen-bond donors (Lipinski definition) is 0. The number of imidazole rings is 1. The zero-order chi connectivity index (χ0) is 21.5. The predicted octanol–water partition coefficient (Wildman–Crippen LogP) is 4.30. The summed E-state index contributed by atoms with van der Waals surface area (Å²) in [6, 6.07) is 8.44. The van der Waals surface area contributed by atoms with Crippen LogP contribution in [0.15, 0.2) is 46.3 Å². The molecule has 30 heavy (non-hydrogen) atoms. The first-order valence-corrected chi connectivity index (χ1v) is 11.9. The highest BCUT2D eigenvalue weighted by Crippen LogP contribution is 2.31. The Hall–Kier alpha value is -2.25. The molecule has 0 unspecified atom stereocenters. The van der Waals surface area contributed by atoms with Gasteiger partial charge in [-0.25, -0.2) is 13.4 Å². The van der Waals surface area contributed by atoms with Gasteiger partial charge in [-0.2, -0.15) is 0 Å². The van der Waals surface area contributed by atoms with Crippen molar-refractivity contribution in [3.63, 3.8) is 0 Å². The molecule has 0 N–H and O–H groups in total. The molecule has 6 nitrogen and oxygen atoms in total. The van der Waals surface area contributed by atoms with E-state index in [0.717, 1.165) is 49.5 Å². The molecule has 7 heteroatoms. The van der Waals surface area contributed by atoms with E-state index in [1.165, 1.54) is 12.3 Å². The third kappa shape index (κ3) is 4.01. The second-order valence-corrected chi connectivity index (χ2v) is 11.1. The Morgan fingerprint density at radius 2 is 1.80 bits per heavy atom. The van der Waals surface area contributed by atoms with Crippen molar-refractivity contribution in [3.8, 4) is 0 Å². The highest BCUT2D eigenvalue weighted by Gasteiger charge is 2.27. The zero-order valence-electron chi connectivity index (χ0n) is 18.1. The van der Waals surface area contributed by atoms with E-state index in [1.807, 2.05) is 6.07 Å². The molecule has 1 aromatic carbocycles. The van der Waals surface area contributed by atoms with Crippen LogP contribution < -0.4 is 0 Å². The number of benzene rings is 1. The number of pyridine rings is 1. The molecule has 2 aromatic heterocycles. The molecular formula is C23H29N3O3S. The average molecular weight is 428 g/mol. The van der Waals surface area contributed by atoms with Crippen LogP contribution in [0.2, 0.25) is 0 Å². The summed E-state index contributed by atoms with van der Waals surface area (Å²) in [4.78, 5) is 9.51. The van der Waals surface area contributed by atoms with Crippen molar-refractivity contribution in [1.82, 2.24) is 14.5 Å². The van der Waals surface area contributed by atoms with E-state index in [1.54, 1.807) is 25.1 Å². The molecule has 0 spiro atoms. The minimum absolute atomic E-state index is 0.147. The van der Waals surface area contributed by atoms with Gasteiger partial charge in [0.1, 0.15) is 5.82 Å². The number of sulfone groups is 1. The highest BCUT2D eigenvalue weighted by atomic mass is 32.2. The molecule has 1 aliphatic rings. The molecule has 0 radical (unpaired) electrons. The monoisotopic (exact) mass is 427 g/mol. The maximum Gasteiger partial charge on any atom is 0.206 e. The topological polar surface area (TPSA) is 74.1 Å². The fourth-order valence-corrected chi connectivity index (χ4v) is 5.40. The zero-order valence-corrected chi connectivity index (χ0v) is 18.9. The summed E-state index contributed by atoms with van der Waals surface area (Å²) >= 11 is 0. The fourth-order valence-electron chi connectivity index (χ4n) is 4.04. The smallest absolute Gasteiger partial charge is 0.206 e. The van der Waals surface area contributed by atoms with Gasteiger partial charge < -0.3 is 9.30 Å². The number of nitrogens with zero attached hydrogens (tertiary/aromatic N) is 3. The van der Waals surface area contributed by atoms with Crippen LogP contribution in [0, 0.1) is 12.8 Å². The summed E-state index contributed by atoms with van der Waals surface area (Å²) in [7, 11) is -3.62. The van der Waals surface area contributed by atoms with E-state index in [-0.39, 0.29) is 15.2 Å². The molecule has 0 amide bonds. The lowest BCUT2D eigenvalue weighted by atomic mass is 9.94. The first kappa shape index (κ1) is 21.0. The molecule has 4 rings (SSSR count). The maximum atomic E-state index is 13.2. The van der Waals surface area contributed by atoms with Crippen molar-refractivity contribution in [3.05, 3.63) is 48.0 Å². The second kappa shape index (κ2) is 7.78. The van der Waals surface area contributed by atoms with Crippen LogP contribution in [0.3, 0.4) is 0 Å². The van der Waals surface area contributed by atoms with E-state index in [2.05, 4.69) is 30.3 Å². The van der Waals surface area contributed by atoms with E-state index in [0.29, 0.717) is 11.6 Å². The Labute approximate surface area is 178 Å². The van der Waals surface area contributed by atoms with Crippen molar-refractivity contribution in [2.24, 2.45) is 5.92 Å². The number of ether oxygens (including phenoxy) is 1. The van der Waals surface area contributed by atoms with Gasteiger partial charge in [0.15, 0.2) is 0 Å². The van der Waals surface area contributed by atoms with Crippen molar-refractivity contribution in [1.29, 1.82) is 0 Å². The lowest BCUT2D eigenvalue weighted by Gasteiger charge is -2.26. The number of hydrogen-bond acceptors (Lipinski definition) is 5. The summed E-state index contributed by atoms with van der Waals surface area (Å²) < 4.78 is 34.1. The standard InChI is InChI=1S/C23H29N3O3S/c1-16-13-19(7-10-24-16)30(27,28)18-5-6-21-20(14-18)25-22(23(2,3)4)26(21)15-17-8-11-29-12-9-17/h5-7,10,13-14,17H,8-9,11-12,15H2,1-4H3. The normalized spacial score (nSPS) is 16.3. The van der Waals surface area contributed by atoms with Crippen molar-refractivity contribution in [2.75, 3.05) is 13.2 Å². The predicted molar refractivity (Wildman–Crippen MR) is 116 cm³/mol. The van der Waals surface area contributed by atoms with E-state index >= 15 is 0 Å². The summed E-state index contributed by atoms with van der Waals surface area (Å²) in [6.45, 7) is 10.7. The van der Waals surface area contributed by atoms with Gasteiger partial charge in [-0.05, 0) is 56.0 Å². The van der Waals surface area contributed by atoms with Crippen LogP contribution >= 0.6 is 0 Å². The molecule has 1 fully saturated rings. The fraction of sp³-hybridized carbons (Fsp3) is 0.478. The van der Waals surface area contributed by atoms with E-state index in [4.69, 9.17) is 9.72 Å². The second-order valence-electron chi connectivity index (χ2n) is 9.14. The summed E-state index contributed by atoms with van der Waals surface area (Å²) in [5.74, 6) is 1.53. The number of rotatable bonds is 4. The Kier molecular flexibility index (Phi) is 5.45. The molecule has 3 heterocycles. The molecule has 0 atom stereocenters. The number of fused-ring (bicyclic) bond motifs is 1. The Bertz CT molecular complexity index is 1170. The van der Waals surface area contributed by atoms with E-state index in [9.17, 15) is 8.42 Å². The van der Waals surface area contributed by atoms with Gasteiger partial charge in [-0.15, -0.1) is 0 Å². The molecule has 0 saturated carbocycles. The van der Waals surface area contributed by atoms with Crippen LogP contribution in [0.1, 0.15) is 45.1 Å². The minimum atomic E-state index is -3.62. The maximum absolute atomic E-state index is 13.2. The van der Waals surface area contributed by atoms with Crippen molar-refractivity contribution >= 4 is 20.9 Å².